The number of nitrogens with zero attached hydrogens (tertiary/aromatic N) is 2. The number of amides is 2. The zero-order valence-electron chi connectivity index (χ0n) is 10.1. The highest BCUT2D eigenvalue weighted by molar-refractivity contribution is 5.93. The molecule has 0 spiro atoms. The van der Waals surface area contributed by atoms with Gasteiger partial charge in [-0.15, -0.1) is 0 Å². The smallest absolute Gasteiger partial charge is 0.329 e. The Bertz CT molecular complexity index is 463. The van der Waals surface area contributed by atoms with Crippen LogP contribution in [0.3, 0.4) is 0 Å². The lowest BCUT2D eigenvalue weighted by Gasteiger charge is -2.25. The summed E-state index contributed by atoms with van der Waals surface area (Å²) < 4.78 is 1.55. The van der Waals surface area contributed by atoms with Gasteiger partial charge in [0.15, 0.2) is 5.82 Å². The molecule has 0 saturated heterocycles. The Labute approximate surface area is 104 Å². The largest absolute Gasteiger partial charge is 0.480 e. The standard InChI is InChI=1S/C11H16N4O3/c1-15-7-4-8(14-15)12-10(18)13-11(9(16)17)5-2-3-6-11/h4,7H,2-3,5-6H2,1H3,(H,16,17)(H2,12,13,14,18). The quantitative estimate of drug-likeness (QED) is 0.745. The molecule has 1 heterocycles. The van der Waals surface area contributed by atoms with E-state index in [2.05, 4.69) is 15.7 Å². The Morgan fingerprint density at radius 2 is 2.11 bits per heavy atom. The van der Waals surface area contributed by atoms with Crippen molar-refractivity contribution in [3.63, 3.8) is 0 Å². The number of carboxylic acid groups (broad SMARTS) is 1. The third-order valence-electron chi connectivity index (χ3n) is 3.17. The van der Waals surface area contributed by atoms with E-state index in [1.54, 1.807) is 24.0 Å². The molecule has 0 bridgehead atoms. The average molecular weight is 252 g/mol. The first-order chi connectivity index (χ1) is 8.52. The summed E-state index contributed by atoms with van der Waals surface area (Å²) in [6.07, 6.45) is 4.26. The first-order valence-corrected chi connectivity index (χ1v) is 5.84. The Kier molecular flexibility index (Phi) is 3.22. The topological polar surface area (TPSA) is 96.2 Å². The fourth-order valence-corrected chi connectivity index (χ4v) is 2.22. The van der Waals surface area contributed by atoms with Crippen LogP contribution in [0.1, 0.15) is 25.7 Å². The van der Waals surface area contributed by atoms with E-state index < -0.39 is 17.5 Å². The van der Waals surface area contributed by atoms with Gasteiger partial charge in [-0.05, 0) is 12.8 Å². The zero-order valence-corrected chi connectivity index (χ0v) is 10.1. The molecular weight excluding hydrogens is 236 g/mol. The molecule has 1 fully saturated rings. The van der Waals surface area contributed by atoms with Crippen LogP contribution < -0.4 is 10.6 Å². The lowest BCUT2D eigenvalue weighted by atomic mass is 9.98. The summed E-state index contributed by atoms with van der Waals surface area (Å²) in [5.41, 5.74) is -1.13. The van der Waals surface area contributed by atoms with Gasteiger partial charge in [-0.3, -0.25) is 10.00 Å². The molecule has 2 amide bonds. The Morgan fingerprint density at radius 3 is 2.61 bits per heavy atom. The maximum absolute atomic E-state index is 11.8. The van der Waals surface area contributed by atoms with Crippen LogP contribution in [0.5, 0.6) is 0 Å². The van der Waals surface area contributed by atoms with Crippen molar-refractivity contribution in [2.45, 2.75) is 31.2 Å². The summed E-state index contributed by atoms with van der Waals surface area (Å²) in [5, 5.41) is 18.3. The second kappa shape index (κ2) is 4.67. The van der Waals surface area contributed by atoms with Gasteiger partial charge in [0.2, 0.25) is 0 Å². The third kappa shape index (κ3) is 2.44. The SMILES string of the molecule is Cn1ccc(NC(=O)NC2(C(=O)O)CCCC2)n1. The van der Waals surface area contributed by atoms with Crippen LogP contribution in [0.25, 0.3) is 0 Å². The number of nitrogens with one attached hydrogen (secondary N) is 2. The monoisotopic (exact) mass is 252 g/mol. The number of carbonyl (C=O) groups is 2. The molecule has 1 saturated carbocycles. The Morgan fingerprint density at radius 1 is 1.44 bits per heavy atom. The summed E-state index contributed by atoms with van der Waals surface area (Å²) in [6.45, 7) is 0. The molecule has 1 aromatic heterocycles. The van der Waals surface area contributed by atoms with Crippen LogP contribution in [-0.2, 0) is 11.8 Å². The van der Waals surface area contributed by atoms with Crippen molar-refractivity contribution in [1.29, 1.82) is 0 Å². The number of hydrogen-bond acceptors (Lipinski definition) is 3. The van der Waals surface area contributed by atoms with Crippen molar-refractivity contribution in [1.82, 2.24) is 15.1 Å². The molecule has 1 aliphatic rings. The van der Waals surface area contributed by atoms with Crippen LogP contribution in [0.15, 0.2) is 12.3 Å². The van der Waals surface area contributed by atoms with Crippen LogP contribution in [0.4, 0.5) is 10.6 Å². The number of aliphatic carboxylic acids is 1. The van der Waals surface area contributed by atoms with Gasteiger partial charge in [-0.1, -0.05) is 12.8 Å². The van der Waals surface area contributed by atoms with E-state index in [4.69, 9.17) is 0 Å². The second-order valence-corrected chi connectivity index (χ2v) is 4.55. The second-order valence-electron chi connectivity index (χ2n) is 4.55. The summed E-state index contributed by atoms with van der Waals surface area (Å²) in [6, 6.07) is 1.11. The lowest BCUT2D eigenvalue weighted by Crippen LogP contribution is -2.53. The molecule has 7 nitrogen and oxygen atoms in total. The van der Waals surface area contributed by atoms with Gasteiger partial charge in [0, 0.05) is 19.3 Å². The first-order valence-electron chi connectivity index (χ1n) is 5.84. The maximum Gasteiger partial charge on any atom is 0.329 e. The number of carboxylic acids is 1. The molecule has 0 radical (unpaired) electrons. The van der Waals surface area contributed by atoms with E-state index in [0.29, 0.717) is 18.7 Å². The van der Waals surface area contributed by atoms with E-state index in [1.807, 2.05) is 0 Å². The normalized spacial score (nSPS) is 17.4. The lowest BCUT2D eigenvalue weighted by molar-refractivity contribution is -0.144. The number of aryl methyl sites for hydroxylation is 1. The van der Waals surface area contributed by atoms with Crippen LogP contribution >= 0.6 is 0 Å². The van der Waals surface area contributed by atoms with Gasteiger partial charge < -0.3 is 10.4 Å². The Hall–Kier alpha value is -2.05. The molecular formula is C11H16N4O3. The number of anilines is 1. The highest BCUT2D eigenvalue weighted by atomic mass is 16.4. The molecule has 0 aromatic carbocycles. The van der Waals surface area contributed by atoms with E-state index in [9.17, 15) is 14.7 Å². The van der Waals surface area contributed by atoms with Gasteiger partial charge in [-0.2, -0.15) is 5.10 Å². The molecule has 98 valence electrons. The molecule has 18 heavy (non-hydrogen) atoms. The van der Waals surface area contributed by atoms with Crippen LogP contribution in [0, 0.1) is 0 Å². The average Bonchev–Trinajstić information content (AvgIpc) is 2.89. The van der Waals surface area contributed by atoms with Crippen molar-refractivity contribution < 1.29 is 14.7 Å². The predicted octanol–water partition coefficient (Wildman–Crippen LogP) is 0.939. The maximum atomic E-state index is 11.8. The minimum atomic E-state index is -1.13. The first kappa shape index (κ1) is 12.4. The molecule has 3 N–H and O–H groups in total. The van der Waals surface area contributed by atoms with Crippen LogP contribution in [0.2, 0.25) is 0 Å². The summed E-state index contributed by atoms with van der Waals surface area (Å²) in [7, 11) is 1.73. The number of hydrogen-bond donors (Lipinski definition) is 3. The molecule has 0 aliphatic heterocycles. The molecule has 1 aromatic rings. The highest BCUT2D eigenvalue weighted by Gasteiger charge is 2.42. The van der Waals surface area contributed by atoms with Crippen molar-refractivity contribution in [3.05, 3.63) is 12.3 Å². The van der Waals surface area contributed by atoms with Crippen molar-refractivity contribution >= 4 is 17.8 Å². The molecule has 0 unspecified atom stereocenters. The minimum absolute atomic E-state index is 0.397. The fraction of sp³-hybridized carbons (Fsp3) is 0.545. The van der Waals surface area contributed by atoms with Gasteiger partial charge in [0.25, 0.3) is 0 Å². The molecule has 7 heteroatoms. The number of rotatable bonds is 3. The van der Waals surface area contributed by atoms with E-state index in [-0.39, 0.29) is 0 Å². The number of carbonyl (C=O) groups excluding carboxylic acids is 1. The molecule has 2 rings (SSSR count). The summed E-state index contributed by atoms with van der Waals surface area (Å²) in [5.74, 6) is -0.579. The molecule has 0 atom stereocenters. The van der Waals surface area contributed by atoms with E-state index in [1.165, 1.54) is 0 Å². The van der Waals surface area contributed by atoms with Gasteiger partial charge >= 0.3 is 12.0 Å². The van der Waals surface area contributed by atoms with Crippen molar-refractivity contribution in [3.8, 4) is 0 Å². The summed E-state index contributed by atoms with van der Waals surface area (Å²) >= 11 is 0. The van der Waals surface area contributed by atoms with E-state index in [0.717, 1.165) is 12.8 Å². The third-order valence-corrected chi connectivity index (χ3v) is 3.17. The Balaban J connectivity index is 1.99. The predicted molar refractivity (Wildman–Crippen MR) is 64.2 cm³/mol. The van der Waals surface area contributed by atoms with Gasteiger partial charge in [0.1, 0.15) is 5.54 Å². The van der Waals surface area contributed by atoms with Crippen molar-refractivity contribution in [2.24, 2.45) is 7.05 Å². The van der Waals surface area contributed by atoms with Crippen LogP contribution in [-0.4, -0.2) is 32.4 Å². The molecule has 1 aliphatic carbocycles. The highest BCUT2D eigenvalue weighted by Crippen LogP contribution is 2.29. The fourth-order valence-electron chi connectivity index (χ4n) is 2.22. The number of aromatic nitrogens is 2. The summed E-state index contributed by atoms with van der Waals surface area (Å²) in [4.78, 5) is 23.0. The minimum Gasteiger partial charge on any atom is -0.480 e. The van der Waals surface area contributed by atoms with E-state index >= 15 is 0 Å². The number of urea groups is 1. The van der Waals surface area contributed by atoms with Crippen molar-refractivity contribution in [2.75, 3.05) is 5.32 Å². The zero-order chi connectivity index (χ0) is 13.2. The van der Waals surface area contributed by atoms with Gasteiger partial charge in [-0.25, -0.2) is 9.59 Å². The van der Waals surface area contributed by atoms with Gasteiger partial charge in [0.05, 0.1) is 0 Å².